The molecule has 6 heteroatoms. The van der Waals surface area contributed by atoms with Crippen LogP contribution in [0.5, 0.6) is 0 Å². The molecule has 6 nitrogen and oxygen atoms in total. The molecule has 4 fully saturated rings. The number of carbonyl (C=O) groups is 2. The van der Waals surface area contributed by atoms with Gasteiger partial charge in [0, 0.05) is 38.4 Å². The first-order chi connectivity index (χ1) is 12.4. The molecule has 0 saturated carbocycles. The van der Waals surface area contributed by atoms with Gasteiger partial charge in [0.05, 0.1) is 18.0 Å². The van der Waals surface area contributed by atoms with Gasteiger partial charge in [0.1, 0.15) is 0 Å². The smallest absolute Gasteiger partial charge is 0.240 e. The van der Waals surface area contributed by atoms with Gasteiger partial charge in [0.15, 0.2) is 0 Å². The summed E-state index contributed by atoms with van der Waals surface area (Å²) < 4.78 is 5.33. The summed E-state index contributed by atoms with van der Waals surface area (Å²) in [5.41, 5.74) is 0.170. The number of rotatable bonds is 2. The van der Waals surface area contributed by atoms with Gasteiger partial charge < -0.3 is 14.5 Å². The molecule has 0 radical (unpaired) electrons. The van der Waals surface area contributed by atoms with Crippen LogP contribution in [-0.4, -0.2) is 83.0 Å². The van der Waals surface area contributed by atoms with Crippen LogP contribution in [0.25, 0.3) is 0 Å². The van der Waals surface area contributed by atoms with E-state index in [0.29, 0.717) is 23.9 Å². The van der Waals surface area contributed by atoms with E-state index in [4.69, 9.17) is 4.74 Å². The van der Waals surface area contributed by atoms with Crippen LogP contribution in [0.1, 0.15) is 59.8 Å². The molecule has 0 bridgehead atoms. The molecule has 1 unspecified atom stereocenters. The van der Waals surface area contributed by atoms with E-state index >= 15 is 0 Å². The maximum absolute atomic E-state index is 11.9. The monoisotopic (exact) mass is 365 g/mol. The fourth-order valence-corrected chi connectivity index (χ4v) is 5.05. The third-order valence-electron chi connectivity index (χ3n) is 6.38. The number of nitrogens with zero attached hydrogens (tertiary/aromatic N) is 3. The van der Waals surface area contributed by atoms with Gasteiger partial charge in [-0.1, -0.05) is 0 Å². The summed E-state index contributed by atoms with van der Waals surface area (Å²) in [5, 5.41) is 0. The van der Waals surface area contributed by atoms with E-state index in [9.17, 15) is 9.59 Å². The van der Waals surface area contributed by atoms with Crippen LogP contribution in [0, 0.1) is 0 Å². The summed E-state index contributed by atoms with van der Waals surface area (Å²) in [6, 6.07) is 0.936. The minimum absolute atomic E-state index is 0.170. The van der Waals surface area contributed by atoms with Gasteiger partial charge in [0.2, 0.25) is 11.8 Å². The number of hydrogen-bond acceptors (Lipinski definition) is 4. The number of ether oxygens (including phenoxy) is 1. The van der Waals surface area contributed by atoms with Gasteiger partial charge in [-0.25, -0.2) is 0 Å². The van der Waals surface area contributed by atoms with Crippen LogP contribution in [0.3, 0.4) is 0 Å². The molecule has 0 aromatic heterocycles. The van der Waals surface area contributed by atoms with E-state index in [0.717, 1.165) is 58.5 Å². The van der Waals surface area contributed by atoms with Crippen LogP contribution in [0.15, 0.2) is 0 Å². The quantitative estimate of drug-likeness (QED) is 0.701. The second kappa shape index (κ2) is 7.85. The number of carbonyl (C=O) groups excluding carboxylic acids is 2. The molecule has 1 spiro atoms. The van der Waals surface area contributed by atoms with Crippen molar-refractivity contribution in [2.24, 2.45) is 0 Å². The number of β-lactam (4-membered cyclic amide) rings is 1. The van der Waals surface area contributed by atoms with E-state index in [1.54, 1.807) is 0 Å². The van der Waals surface area contributed by atoms with Gasteiger partial charge in [-0.3, -0.25) is 14.5 Å². The second-order valence-electron chi connectivity index (χ2n) is 8.69. The average molecular weight is 366 g/mol. The maximum atomic E-state index is 11.9. The predicted octanol–water partition coefficient (Wildman–Crippen LogP) is 1.88. The first-order valence-corrected chi connectivity index (χ1v) is 10.3. The third kappa shape index (κ3) is 3.63. The molecule has 148 valence electrons. The molecule has 0 aliphatic carbocycles. The van der Waals surface area contributed by atoms with Crippen molar-refractivity contribution in [1.29, 1.82) is 0 Å². The van der Waals surface area contributed by atoms with Crippen molar-refractivity contribution in [3.63, 3.8) is 0 Å². The normalized spacial score (nSPS) is 28.3. The zero-order valence-corrected chi connectivity index (χ0v) is 16.9. The van der Waals surface area contributed by atoms with Crippen molar-refractivity contribution < 1.29 is 14.3 Å². The van der Waals surface area contributed by atoms with E-state index in [2.05, 4.69) is 37.5 Å². The summed E-state index contributed by atoms with van der Waals surface area (Å²) >= 11 is 0. The lowest BCUT2D eigenvalue weighted by Crippen LogP contribution is -2.67. The molecule has 26 heavy (non-hydrogen) atoms. The summed E-state index contributed by atoms with van der Waals surface area (Å²) in [6.45, 7) is 13.1. The fraction of sp³-hybridized carbons (Fsp3) is 0.900. The SMILES string of the molecule is CC(C)N1C(=O)CC12CCOCC2.CC(C)N1CCN2CCCC2C1=O. The highest BCUT2D eigenvalue weighted by Gasteiger charge is 2.52. The molecule has 4 saturated heterocycles. The van der Waals surface area contributed by atoms with Crippen LogP contribution >= 0.6 is 0 Å². The number of hydrogen-bond donors (Lipinski definition) is 0. The van der Waals surface area contributed by atoms with Crippen LogP contribution in [0.2, 0.25) is 0 Å². The molecule has 4 aliphatic heterocycles. The number of amides is 2. The Morgan fingerprint density at radius 1 is 1.00 bits per heavy atom. The lowest BCUT2D eigenvalue weighted by Gasteiger charge is -2.56. The Kier molecular flexibility index (Phi) is 5.92. The molecule has 4 heterocycles. The summed E-state index contributed by atoms with van der Waals surface area (Å²) in [5.74, 6) is 0.677. The molecular weight excluding hydrogens is 330 g/mol. The highest BCUT2D eigenvalue weighted by Crippen LogP contribution is 2.41. The summed E-state index contributed by atoms with van der Waals surface area (Å²) in [6.07, 6.45) is 5.06. The Bertz CT molecular complexity index is 524. The summed E-state index contributed by atoms with van der Waals surface area (Å²) in [4.78, 5) is 29.8. The number of piperazine rings is 1. The molecule has 2 amide bonds. The lowest BCUT2D eigenvalue weighted by atomic mass is 9.76. The molecule has 4 aliphatic rings. The topological polar surface area (TPSA) is 53.1 Å². The van der Waals surface area contributed by atoms with E-state index < -0.39 is 0 Å². The summed E-state index contributed by atoms with van der Waals surface area (Å²) in [7, 11) is 0. The first-order valence-electron chi connectivity index (χ1n) is 10.3. The highest BCUT2D eigenvalue weighted by molar-refractivity contribution is 5.85. The van der Waals surface area contributed by atoms with Crippen molar-refractivity contribution in [3.8, 4) is 0 Å². The van der Waals surface area contributed by atoms with Crippen molar-refractivity contribution in [3.05, 3.63) is 0 Å². The zero-order chi connectivity index (χ0) is 18.9. The lowest BCUT2D eigenvalue weighted by molar-refractivity contribution is -0.170. The van der Waals surface area contributed by atoms with Gasteiger partial charge in [-0.05, 0) is 59.9 Å². The van der Waals surface area contributed by atoms with Gasteiger partial charge in [0.25, 0.3) is 0 Å². The standard InChI is InChI=1S/C10H18N2O.C10H17NO2/c1-8(2)12-7-6-11-5-3-4-9(11)10(12)13;1-8(2)11-9(12)7-10(11)3-5-13-6-4-10/h8-9H,3-7H2,1-2H3;8H,3-7H2,1-2H3. The fourth-order valence-electron chi connectivity index (χ4n) is 5.05. The minimum atomic E-state index is 0.170. The first kappa shape index (κ1) is 19.6. The van der Waals surface area contributed by atoms with Crippen molar-refractivity contribution in [2.45, 2.75) is 83.5 Å². The highest BCUT2D eigenvalue weighted by atomic mass is 16.5. The van der Waals surface area contributed by atoms with E-state index in [1.807, 2.05) is 4.90 Å². The van der Waals surface area contributed by atoms with Crippen molar-refractivity contribution in [2.75, 3.05) is 32.8 Å². The molecule has 4 rings (SSSR count). The van der Waals surface area contributed by atoms with E-state index in [-0.39, 0.29) is 11.6 Å². The van der Waals surface area contributed by atoms with Crippen molar-refractivity contribution >= 4 is 11.8 Å². The zero-order valence-electron chi connectivity index (χ0n) is 16.9. The molecule has 1 atom stereocenters. The second-order valence-corrected chi connectivity index (χ2v) is 8.69. The van der Waals surface area contributed by atoms with Crippen LogP contribution in [0.4, 0.5) is 0 Å². The largest absolute Gasteiger partial charge is 0.381 e. The molecule has 0 aromatic rings. The molecular formula is C20H35N3O3. The number of fused-ring (bicyclic) bond motifs is 1. The Labute approximate surface area is 157 Å². The number of likely N-dealkylation sites (tertiary alicyclic amines) is 1. The Morgan fingerprint density at radius 3 is 2.27 bits per heavy atom. The van der Waals surface area contributed by atoms with Gasteiger partial charge >= 0.3 is 0 Å². The Morgan fingerprint density at radius 2 is 1.69 bits per heavy atom. The Balaban J connectivity index is 0.000000151. The minimum Gasteiger partial charge on any atom is -0.381 e. The van der Waals surface area contributed by atoms with Gasteiger partial charge in [-0.15, -0.1) is 0 Å². The van der Waals surface area contributed by atoms with Crippen molar-refractivity contribution in [1.82, 2.24) is 14.7 Å². The molecule has 0 aromatic carbocycles. The average Bonchev–Trinajstić information content (AvgIpc) is 3.05. The van der Waals surface area contributed by atoms with E-state index in [1.165, 1.54) is 6.42 Å². The predicted molar refractivity (Wildman–Crippen MR) is 101 cm³/mol. The maximum Gasteiger partial charge on any atom is 0.240 e. The Hall–Kier alpha value is -1.14. The molecule has 0 N–H and O–H groups in total. The van der Waals surface area contributed by atoms with Crippen LogP contribution in [-0.2, 0) is 14.3 Å². The third-order valence-corrected chi connectivity index (χ3v) is 6.38. The van der Waals surface area contributed by atoms with Crippen LogP contribution < -0.4 is 0 Å². The van der Waals surface area contributed by atoms with Gasteiger partial charge in [-0.2, -0.15) is 0 Å².